The lowest BCUT2D eigenvalue weighted by Gasteiger charge is -1.98. The minimum Gasteiger partial charge on any atom is -0.354 e. The van der Waals surface area contributed by atoms with Crippen molar-refractivity contribution in [2.75, 3.05) is 0 Å². The molecule has 3 aromatic rings. The lowest BCUT2D eigenvalue weighted by Crippen LogP contribution is -2.03. The van der Waals surface area contributed by atoms with Crippen molar-refractivity contribution < 1.29 is 14.2 Å². The third kappa shape index (κ3) is 3.34. The third-order valence-corrected chi connectivity index (χ3v) is 4.17. The van der Waals surface area contributed by atoms with Crippen molar-refractivity contribution in [2.24, 2.45) is 5.16 Å². The highest BCUT2D eigenvalue weighted by Crippen LogP contribution is 2.31. The van der Waals surface area contributed by atoms with Crippen molar-refractivity contribution in [1.82, 2.24) is 14.7 Å². The molecule has 1 aromatic carbocycles. The lowest BCUT2D eigenvalue weighted by molar-refractivity contribution is 0.0519. The molecular weight excluding hydrogens is 352 g/mol. The topological polar surface area (TPSA) is 90.5 Å². The Bertz CT molecular complexity index is 919. The molecule has 0 aliphatic carbocycles. The van der Waals surface area contributed by atoms with Gasteiger partial charge in [0.2, 0.25) is 0 Å². The summed E-state index contributed by atoms with van der Waals surface area (Å²) in [4.78, 5) is 17.9. The number of hydrogen-bond acceptors (Lipinski definition) is 8. The molecule has 0 spiro atoms. The number of nitrogens with zero attached hydrogens (tertiary/aromatic N) is 4. The first kappa shape index (κ1) is 16.3. The number of carbonyl (C=O) groups is 1. The second kappa shape index (κ2) is 6.90. The summed E-state index contributed by atoms with van der Waals surface area (Å²) in [5.74, 6) is -0.391. The second-order valence-corrected chi connectivity index (χ2v) is 6.02. The number of halogens is 1. The molecule has 0 aliphatic heterocycles. The van der Waals surface area contributed by atoms with Crippen LogP contribution < -0.4 is 0 Å². The zero-order valence-electron chi connectivity index (χ0n) is 12.7. The molecule has 0 unspecified atom stereocenters. The van der Waals surface area contributed by atoms with Gasteiger partial charge in [-0.1, -0.05) is 38.5 Å². The fraction of sp³-hybridized carbons (Fsp3) is 0.133. The quantitative estimate of drug-likeness (QED) is 0.399. The number of aryl methyl sites for hydroxylation is 2. The summed E-state index contributed by atoms with van der Waals surface area (Å²) in [6.07, 6.45) is 1.39. The van der Waals surface area contributed by atoms with Crippen LogP contribution >= 0.6 is 23.1 Å². The van der Waals surface area contributed by atoms with E-state index in [1.807, 2.05) is 0 Å². The van der Waals surface area contributed by atoms with Gasteiger partial charge in [0, 0.05) is 5.02 Å². The van der Waals surface area contributed by atoms with Gasteiger partial charge in [-0.3, -0.25) is 0 Å². The molecule has 2 aromatic heterocycles. The predicted molar refractivity (Wildman–Crippen MR) is 89.3 cm³/mol. The SMILES string of the molecule is Cc1nnsc1-c1onc(C)c1C(=O)ON=Cc1cccc(Cl)c1. The normalized spacial score (nSPS) is 11.1. The van der Waals surface area contributed by atoms with Crippen LogP contribution in [0.25, 0.3) is 10.6 Å². The Morgan fingerprint density at radius 3 is 2.92 bits per heavy atom. The summed E-state index contributed by atoms with van der Waals surface area (Å²) < 4.78 is 9.06. The number of rotatable bonds is 4. The fourth-order valence-corrected chi connectivity index (χ4v) is 2.81. The average molecular weight is 363 g/mol. The van der Waals surface area contributed by atoms with Gasteiger partial charge in [-0.2, -0.15) is 0 Å². The van der Waals surface area contributed by atoms with E-state index in [1.54, 1.807) is 38.1 Å². The Balaban J connectivity index is 1.81. The van der Waals surface area contributed by atoms with E-state index < -0.39 is 5.97 Å². The summed E-state index contributed by atoms with van der Waals surface area (Å²) in [6.45, 7) is 3.41. The van der Waals surface area contributed by atoms with Crippen LogP contribution in [-0.2, 0) is 4.84 Å². The molecule has 122 valence electrons. The average Bonchev–Trinajstić information content (AvgIpc) is 3.12. The molecule has 9 heteroatoms. The zero-order chi connectivity index (χ0) is 17.1. The zero-order valence-corrected chi connectivity index (χ0v) is 14.3. The van der Waals surface area contributed by atoms with E-state index in [-0.39, 0.29) is 11.3 Å². The summed E-state index contributed by atoms with van der Waals surface area (Å²) in [6, 6.07) is 6.99. The van der Waals surface area contributed by atoms with E-state index in [0.717, 1.165) is 11.5 Å². The molecule has 0 amide bonds. The van der Waals surface area contributed by atoms with Crippen LogP contribution in [0.2, 0.25) is 5.02 Å². The van der Waals surface area contributed by atoms with Crippen molar-refractivity contribution >= 4 is 35.3 Å². The minimum absolute atomic E-state index is 0.201. The van der Waals surface area contributed by atoms with Crippen LogP contribution in [-0.4, -0.2) is 26.9 Å². The lowest BCUT2D eigenvalue weighted by atomic mass is 10.1. The van der Waals surface area contributed by atoms with Gasteiger partial charge in [0.05, 0.1) is 17.6 Å². The molecule has 0 saturated heterocycles. The Labute approximate surface area is 146 Å². The highest BCUT2D eigenvalue weighted by Gasteiger charge is 2.26. The van der Waals surface area contributed by atoms with Crippen LogP contribution in [0.3, 0.4) is 0 Å². The Morgan fingerprint density at radius 1 is 1.38 bits per heavy atom. The Kier molecular flexibility index (Phi) is 4.68. The van der Waals surface area contributed by atoms with Crippen LogP contribution in [0.1, 0.15) is 27.3 Å². The van der Waals surface area contributed by atoms with Gasteiger partial charge < -0.3 is 9.36 Å². The Hall–Kier alpha value is -2.58. The van der Waals surface area contributed by atoms with Crippen molar-refractivity contribution in [3.8, 4) is 10.6 Å². The predicted octanol–water partition coefficient (Wildman–Crippen LogP) is 3.65. The maximum atomic E-state index is 12.3. The van der Waals surface area contributed by atoms with Crippen LogP contribution in [0.5, 0.6) is 0 Å². The van der Waals surface area contributed by atoms with E-state index in [9.17, 15) is 4.79 Å². The standard InChI is InChI=1S/C15H11ClN4O3S/c1-8-12(13(22-19-8)14-9(2)18-20-24-14)15(21)23-17-7-10-4-3-5-11(16)6-10/h3-7H,1-2H3. The second-order valence-electron chi connectivity index (χ2n) is 4.83. The van der Waals surface area contributed by atoms with E-state index in [2.05, 4.69) is 19.9 Å². The fourth-order valence-electron chi connectivity index (χ4n) is 1.97. The maximum absolute atomic E-state index is 12.3. The minimum atomic E-state index is -0.671. The molecule has 24 heavy (non-hydrogen) atoms. The molecular formula is C15H11ClN4O3S. The molecule has 0 bridgehead atoms. The molecule has 0 fully saturated rings. The largest absolute Gasteiger partial charge is 0.371 e. The molecule has 0 aliphatic rings. The van der Waals surface area contributed by atoms with E-state index in [0.29, 0.717) is 26.9 Å². The van der Waals surface area contributed by atoms with Crippen molar-refractivity contribution in [3.63, 3.8) is 0 Å². The molecule has 0 radical (unpaired) electrons. The van der Waals surface area contributed by atoms with E-state index >= 15 is 0 Å². The number of hydrogen-bond donors (Lipinski definition) is 0. The highest BCUT2D eigenvalue weighted by molar-refractivity contribution is 7.09. The maximum Gasteiger partial charge on any atom is 0.371 e. The summed E-state index contributed by atoms with van der Waals surface area (Å²) in [5.41, 5.74) is 1.96. The van der Waals surface area contributed by atoms with Gasteiger partial charge in [0.1, 0.15) is 10.4 Å². The molecule has 7 nitrogen and oxygen atoms in total. The van der Waals surface area contributed by atoms with E-state index in [1.165, 1.54) is 6.21 Å². The number of aromatic nitrogens is 3. The first-order valence-electron chi connectivity index (χ1n) is 6.82. The number of oxime groups is 1. The van der Waals surface area contributed by atoms with Gasteiger partial charge in [-0.25, -0.2) is 4.79 Å². The summed E-state index contributed by atoms with van der Waals surface area (Å²) >= 11 is 6.99. The van der Waals surface area contributed by atoms with Crippen LogP contribution in [0.4, 0.5) is 0 Å². The molecule has 0 N–H and O–H groups in total. The molecule has 2 heterocycles. The van der Waals surface area contributed by atoms with Crippen molar-refractivity contribution in [3.05, 3.63) is 51.8 Å². The third-order valence-electron chi connectivity index (χ3n) is 3.11. The first-order chi connectivity index (χ1) is 11.6. The van der Waals surface area contributed by atoms with Gasteiger partial charge >= 0.3 is 5.97 Å². The highest BCUT2D eigenvalue weighted by atomic mass is 35.5. The monoisotopic (exact) mass is 362 g/mol. The van der Waals surface area contributed by atoms with Crippen molar-refractivity contribution in [2.45, 2.75) is 13.8 Å². The van der Waals surface area contributed by atoms with Gasteiger partial charge in [-0.05, 0) is 43.1 Å². The van der Waals surface area contributed by atoms with Gasteiger partial charge in [0.15, 0.2) is 5.76 Å². The van der Waals surface area contributed by atoms with E-state index in [4.69, 9.17) is 21.0 Å². The van der Waals surface area contributed by atoms with Gasteiger partial charge in [0.25, 0.3) is 0 Å². The smallest absolute Gasteiger partial charge is 0.354 e. The molecule has 0 saturated carbocycles. The summed E-state index contributed by atoms with van der Waals surface area (Å²) in [5, 5.41) is 12.0. The molecule has 0 atom stereocenters. The summed E-state index contributed by atoms with van der Waals surface area (Å²) in [7, 11) is 0. The number of benzene rings is 1. The first-order valence-corrected chi connectivity index (χ1v) is 7.97. The van der Waals surface area contributed by atoms with Crippen LogP contribution in [0, 0.1) is 13.8 Å². The number of carbonyl (C=O) groups excluding carboxylic acids is 1. The van der Waals surface area contributed by atoms with Crippen LogP contribution in [0.15, 0.2) is 33.9 Å². The van der Waals surface area contributed by atoms with Crippen molar-refractivity contribution in [1.29, 1.82) is 0 Å². The molecule has 3 rings (SSSR count). The van der Waals surface area contributed by atoms with Gasteiger partial charge in [-0.15, -0.1) is 5.10 Å². The Morgan fingerprint density at radius 2 is 2.21 bits per heavy atom.